The van der Waals surface area contributed by atoms with Crippen LogP contribution in [0.4, 0.5) is 0 Å². The predicted molar refractivity (Wildman–Crippen MR) is 91.1 cm³/mol. The molecule has 0 amide bonds. The standard InChI is InChI=1S/C19H39N/c1-6-9-10-17(8-3)19(20-13-7-2)18-12-11-15(4)16(5)14-18/h15-20H,6-14H2,1-5H3. The number of hydrogen-bond acceptors (Lipinski definition) is 1. The lowest BCUT2D eigenvalue weighted by atomic mass is 9.70. The van der Waals surface area contributed by atoms with Gasteiger partial charge in [-0.15, -0.1) is 0 Å². The van der Waals surface area contributed by atoms with E-state index >= 15 is 0 Å². The Kier molecular flexibility index (Phi) is 8.84. The fourth-order valence-electron chi connectivity index (χ4n) is 4.05. The number of unbranched alkanes of at least 4 members (excludes halogenated alkanes) is 1. The molecule has 0 bridgehead atoms. The van der Waals surface area contributed by atoms with Crippen molar-refractivity contribution >= 4 is 0 Å². The summed E-state index contributed by atoms with van der Waals surface area (Å²) in [6.45, 7) is 13.1. The summed E-state index contributed by atoms with van der Waals surface area (Å²) in [5, 5.41) is 3.93. The monoisotopic (exact) mass is 281 g/mol. The summed E-state index contributed by atoms with van der Waals surface area (Å²) >= 11 is 0. The van der Waals surface area contributed by atoms with Gasteiger partial charge in [0.15, 0.2) is 0 Å². The Bertz CT molecular complexity index is 238. The van der Waals surface area contributed by atoms with E-state index in [1.807, 2.05) is 0 Å². The van der Waals surface area contributed by atoms with E-state index in [9.17, 15) is 0 Å². The first-order valence-corrected chi connectivity index (χ1v) is 9.37. The molecule has 0 spiro atoms. The van der Waals surface area contributed by atoms with Crippen LogP contribution in [0.2, 0.25) is 0 Å². The quantitative estimate of drug-likeness (QED) is 0.576. The van der Waals surface area contributed by atoms with Gasteiger partial charge in [-0.05, 0) is 55.9 Å². The van der Waals surface area contributed by atoms with Gasteiger partial charge >= 0.3 is 0 Å². The second-order valence-electron chi connectivity index (χ2n) is 7.32. The van der Waals surface area contributed by atoms with Crippen LogP contribution in [0.1, 0.15) is 86.0 Å². The molecule has 1 N–H and O–H groups in total. The first-order valence-electron chi connectivity index (χ1n) is 9.37. The molecule has 0 aliphatic heterocycles. The third kappa shape index (κ3) is 5.39. The van der Waals surface area contributed by atoms with E-state index in [0.29, 0.717) is 0 Å². The average molecular weight is 282 g/mol. The molecule has 0 heterocycles. The maximum Gasteiger partial charge on any atom is 0.0124 e. The zero-order chi connectivity index (χ0) is 15.0. The van der Waals surface area contributed by atoms with Crippen LogP contribution in [0, 0.1) is 23.7 Å². The molecule has 0 radical (unpaired) electrons. The van der Waals surface area contributed by atoms with Gasteiger partial charge in [0, 0.05) is 6.04 Å². The molecule has 1 saturated carbocycles. The molecule has 0 aromatic carbocycles. The van der Waals surface area contributed by atoms with Gasteiger partial charge in [0.2, 0.25) is 0 Å². The van der Waals surface area contributed by atoms with Crippen LogP contribution in [-0.4, -0.2) is 12.6 Å². The molecule has 0 saturated heterocycles. The van der Waals surface area contributed by atoms with Gasteiger partial charge in [-0.1, -0.05) is 60.3 Å². The average Bonchev–Trinajstić information content (AvgIpc) is 2.45. The molecule has 0 aromatic rings. The zero-order valence-electron chi connectivity index (χ0n) is 14.8. The minimum absolute atomic E-state index is 0.779. The van der Waals surface area contributed by atoms with Gasteiger partial charge in [0.25, 0.3) is 0 Å². The molecular formula is C19H39N. The molecule has 5 atom stereocenters. The number of rotatable bonds is 9. The Labute approximate surface area is 128 Å². The van der Waals surface area contributed by atoms with Gasteiger partial charge in [0.05, 0.1) is 0 Å². The first-order chi connectivity index (χ1) is 9.63. The Hall–Kier alpha value is -0.0400. The van der Waals surface area contributed by atoms with E-state index in [-0.39, 0.29) is 0 Å². The van der Waals surface area contributed by atoms with Crippen LogP contribution < -0.4 is 5.32 Å². The normalized spacial score (nSPS) is 30.1. The van der Waals surface area contributed by atoms with Crippen LogP contribution in [0.5, 0.6) is 0 Å². The molecule has 0 aromatic heterocycles. The van der Waals surface area contributed by atoms with E-state index in [1.54, 1.807) is 0 Å². The molecule has 1 nitrogen and oxygen atoms in total. The van der Waals surface area contributed by atoms with Crippen molar-refractivity contribution in [1.29, 1.82) is 0 Å². The number of nitrogens with one attached hydrogen (secondary N) is 1. The van der Waals surface area contributed by atoms with Gasteiger partial charge in [-0.3, -0.25) is 0 Å². The van der Waals surface area contributed by atoms with Gasteiger partial charge < -0.3 is 5.32 Å². The van der Waals surface area contributed by atoms with E-state index in [0.717, 1.165) is 29.7 Å². The molecule has 5 unspecified atom stereocenters. The highest BCUT2D eigenvalue weighted by molar-refractivity contribution is 4.87. The van der Waals surface area contributed by atoms with Crippen LogP contribution in [0.25, 0.3) is 0 Å². The van der Waals surface area contributed by atoms with Gasteiger partial charge in [0.1, 0.15) is 0 Å². The maximum atomic E-state index is 3.93. The Morgan fingerprint density at radius 2 is 1.75 bits per heavy atom. The SMILES string of the molecule is CCCCC(CC)C(NCCC)C1CCC(C)C(C)C1. The van der Waals surface area contributed by atoms with Crippen molar-refractivity contribution in [2.75, 3.05) is 6.54 Å². The van der Waals surface area contributed by atoms with Crippen molar-refractivity contribution in [3.05, 3.63) is 0 Å². The predicted octanol–water partition coefficient (Wildman–Crippen LogP) is 5.64. The molecule has 1 aliphatic rings. The molecular weight excluding hydrogens is 242 g/mol. The smallest absolute Gasteiger partial charge is 0.0124 e. The molecule has 20 heavy (non-hydrogen) atoms. The molecule has 120 valence electrons. The molecule has 1 heteroatoms. The highest BCUT2D eigenvalue weighted by Gasteiger charge is 2.33. The van der Waals surface area contributed by atoms with Crippen LogP contribution in [0.3, 0.4) is 0 Å². The third-order valence-electron chi connectivity index (χ3n) is 5.74. The van der Waals surface area contributed by atoms with E-state index in [1.165, 1.54) is 57.9 Å². The molecule has 1 aliphatic carbocycles. The fraction of sp³-hybridized carbons (Fsp3) is 1.00. The van der Waals surface area contributed by atoms with Crippen molar-refractivity contribution < 1.29 is 0 Å². The molecule has 1 rings (SSSR count). The van der Waals surface area contributed by atoms with E-state index < -0.39 is 0 Å². The summed E-state index contributed by atoms with van der Waals surface area (Å²) in [6, 6.07) is 0.779. The van der Waals surface area contributed by atoms with Crippen LogP contribution in [-0.2, 0) is 0 Å². The summed E-state index contributed by atoms with van der Waals surface area (Å²) in [6.07, 6.45) is 11.1. The highest BCUT2D eigenvalue weighted by Crippen LogP contribution is 2.38. The van der Waals surface area contributed by atoms with Gasteiger partial charge in [-0.2, -0.15) is 0 Å². The maximum absolute atomic E-state index is 3.93. The zero-order valence-corrected chi connectivity index (χ0v) is 14.8. The van der Waals surface area contributed by atoms with Crippen molar-refractivity contribution in [1.82, 2.24) is 5.32 Å². The lowest BCUT2D eigenvalue weighted by Gasteiger charge is -2.40. The lowest BCUT2D eigenvalue weighted by molar-refractivity contribution is 0.134. The first kappa shape index (κ1) is 18.0. The van der Waals surface area contributed by atoms with Crippen molar-refractivity contribution in [2.45, 2.75) is 92.0 Å². The van der Waals surface area contributed by atoms with Gasteiger partial charge in [-0.25, -0.2) is 0 Å². The van der Waals surface area contributed by atoms with Crippen molar-refractivity contribution in [3.63, 3.8) is 0 Å². The van der Waals surface area contributed by atoms with Crippen molar-refractivity contribution in [2.24, 2.45) is 23.7 Å². The Morgan fingerprint density at radius 3 is 2.30 bits per heavy atom. The minimum Gasteiger partial charge on any atom is -0.313 e. The lowest BCUT2D eigenvalue weighted by Crippen LogP contribution is -2.45. The van der Waals surface area contributed by atoms with Crippen LogP contribution >= 0.6 is 0 Å². The van der Waals surface area contributed by atoms with E-state index in [2.05, 4.69) is 39.9 Å². The fourth-order valence-corrected chi connectivity index (χ4v) is 4.05. The second-order valence-corrected chi connectivity index (χ2v) is 7.32. The van der Waals surface area contributed by atoms with E-state index in [4.69, 9.17) is 0 Å². The molecule has 1 fully saturated rings. The van der Waals surface area contributed by atoms with Crippen molar-refractivity contribution in [3.8, 4) is 0 Å². The second kappa shape index (κ2) is 9.82. The Morgan fingerprint density at radius 1 is 1.00 bits per heavy atom. The summed E-state index contributed by atoms with van der Waals surface area (Å²) in [4.78, 5) is 0. The van der Waals surface area contributed by atoms with Crippen LogP contribution in [0.15, 0.2) is 0 Å². The summed E-state index contributed by atoms with van der Waals surface area (Å²) in [5.41, 5.74) is 0. The summed E-state index contributed by atoms with van der Waals surface area (Å²) in [7, 11) is 0. The minimum atomic E-state index is 0.779. The summed E-state index contributed by atoms with van der Waals surface area (Å²) in [5.74, 6) is 3.68. The Balaban J connectivity index is 2.65. The topological polar surface area (TPSA) is 12.0 Å². The summed E-state index contributed by atoms with van der Waals surface area (Å²) < 4.78 is 0. The third-order valence-corrected chi connectivity index (χ3v) is 5.74. The number of hydrogen-bond donors (Lipinski definition) is 1. The highest BCUT2D eigenvalue weighted by atomic mass is 14.9. The largest absolute Gasteiger partial charge is 0.313 e.